The molecule has 2 aromatic rings. The summed E-state index contributed by atoms with van der Waals surface area (Å²) < 4.78 is 5.47. The minimum atomic E-state index is -1.18. The Morgan fingerprint density at radius 1 is 1.09 bits per heavy atom. The first kappa shape index (κ1) is 24.0. The molecule has 35 heavy (non-hydrogen) atoms. The number of rotatable bonds is 6. The van der Waals surface area contributed by atoms with Crippen LogP contribution in [-0.2, 0) is 19.1 Å². The summed E-state index contributed by atoms with van der Waals surface area (Å²) in [5.74, 6) is -2.13. The molecule has 2 aliphatic rings. The van der Waals surface area contributed by atoms with E-state index in [0.717, 1.165) is 27.2 Å². The minimum absolute atomic E-state index is 0.0215. The molecule has 1 unspecified atom stereocenters. The molecular weight excluding hydrogens is 450 g/mol. The van der Waals surface area contributed by atoms with Crippen LogP contribution in [0.4, 0.5) is 4.79 Å². The monoisotopic (exact) mass is 477 g/mol. The number of ether oxygens (including phenoxy) is 1. The number of hydrogen-bond donors (Lipinski definition) is 2. The number of likely N-dealkylation sites (N-methyl/N-ethyl adjacent to an activating group) is 1. The number of benzene rings is 2. The topological polar surface area (TPSA) is 116 Å². The number of carbonyl (C=O) groups is 4. The molecule has 1 heterocycles. The lowest BCUT2D eigenvalue weighted by Gasteiger charge is -2.37. The fourth-order valence-electron chi connectivity index (χ4n) is 4.51. The van der Waals surface area contributed by atoms with Gasteiger partial charge in [-0.1, -0.05) is 54.6 Å². The zero-order valence-electron chi connectivity index (χ0n) is 19.6. The van der Waals surface area contributed by atoms with E-state index < -0.39 is 24.0 Å². The molecule has 1 fully saturated rings. The van der Waals surface area contributed by atoms with Crippen LogP contribution in [0.3, 0.4) is 0 Å². The van der Waals surface area contributed by atoms with E-state index in [2.05, 4.69) is 17.4 Å². The smallest absolute Gasteiger partial charge is 0.407 e. The summed E-state index contributed by atoms with van der Waals surface area (Å²) in [6, 6.07) is 15.0. The first-order chi connectivity index (χ1) is 16.8. The highest BCUT2D eigenvalue weighted by Crippen LogP contribution is 2.44. The number of fused-ring (bicyclic) bond motifs is 3. The standard InChI is InChI=1S/C26H27N3O6/c1-16(24(31)29-14-23(30)28(2)13-22(29)25(32)33)11-12-27-26(34)35-15-21-19-9-5-3-7-17(19)18-8-4-6-10-20(18)21/h3-11,21-22H,12-15H2,1-2H3,(H,27,34)(H,32,33)/b16-11+. The maximum Gasteiger partial charge on any atom is 0.407 e. The number of carbonyl (C=O) groups excluding carboxylic acids is 3. The van der Waals surface area contributed by atoms with E-state index in [-0.39, 0.29) is 43.6 Å². The quantitative estimate of drug-likeness (QED) is 0.617. The van der Waals surface area contributed by atoms with Crippen LogP contribution >= 0.6 is 0 Å². The summed E-state index contributed by atoms with van der Waals surface area (Å²) in [5, 5.41) is 12.0. The van der Waals surface area contributed by atoms with Crippen molar-refractivity contribution < 1.29 is 29.0 Å². The van der Waals surface area contributed by atoms with Crippen LogP contribution in [0.1, 0.15) is 24.0 Å². The van der Waals surface area contributed by atoms with Gasteiger partial charge in [0.25, 0.3) is 5.91 Å². The lowest BCUT2D eigenvalue weighted by molar-refractivity contribution is -0.157. The van der Waals surface area contributed by atoms with Gasteiger partial charge in [-0.3, -0.25) is 9.59 Å². The number of carboxylic acid groups (broad SMARTS) is 1. The molecule has 9 nitrogen and oxygen atoms in total. The van der Waals surface area contributed by atoms with Crippen molar-refractivity contribution in [1.82, 2.24) is 15.1 Å². The molecule has 0 radical (unpaired) electrons. The second kappa shape index (κ2) is 10.0. The predicted octanol–water partition coefficient (Wildman–Crippen LogP) is 2.23. The van der Waals surface area contributed by atoms with Crippen LogP contribution in [0, 0.1) is 0 Å². The largest absolute Gasteiger partial charge is 0.480 e. The molecule has 3 amide bonds. The van der Waals surface area contributed by atoms with Crippen molar-refractivity contribution in [1.29, 1.82) is 0 Å². The Bertz CT molecular complexity index is 1160. The predicted molar refractivity (Wildman–Crippen MR) is 128 cm³/mol. The van der Waals surface area contributed by atoms with E-state index in [9.17, 15) is 24.3 Å². The molecule has 1 atom stereocenters. The lowest BCUT2D eigenvalue weighted by Crippen LogP contribution is -2.59. The van der Waals surface area contributed by atoms with Crippen LogP contribution in [0.25, 0.3) is 11.1 Å². The Morgan fingerprint density at radius 2 is 1.69 bits per heavy atom. The third kappa shape index (κ3) is 4.89. The number of aliphatic carboxylic acids is 1. The number of nitrogens with zero attached hydrogens (tertiary/aromatic N) is 2. The number of nitrogens with one attached hydrogen (secondary N) is 1. The lowest BCUT2D eigenvalue weighted by atomic mass is 9.98. The van der Waals surface area contributed by atoms with E-state index in [4.69, 9.17) is 4.74 Å². The van der Waals surface area contributed by atoms with Crippen molar-refractivity contribution in [2.45, 2.75) is 18.9 Å². The fourth-order valence-corrected chi connectivity index (χ4v) is 4.51. The summed E-state index contributed by atoms with van der Waals surface area (Å²) in [6.45, 7) is 1.32. The van der Waals surface area contributed by atoms with E-state index in [1.165, 1.54) is 24.9 Å². The highest BCUT2D eigenvalue weighted by Gasteiger charge is 2.38. The molecule has 0 bridgehead atoms. The first-order valence-corrected chi connectivity index (χ1v) is 11.3. The van der Waals surface area contributed by atoms with Gasteiger partial charge in [0.15, 0.2) is 0 Å². The highest BCUT2D eigenvalue weighted by molar-refractivity contribution is 5.99. The second-order valence-electron chi connectivity index (χ2n) is 8.65. The van der Waals surface area contributed by atoms with Crippen molar-refractivity contribution >= 4 is 23.9 Å². The number of hydrogen-bond acceptors (Lipinski definition) is 5. The van der Waals surface area contributed by atoms with Gasteiger partial charge in [-0.15, -0.1) is 0 Å². The van der Waals surface area contributed by atoms with E-state index >= 15 is 0 Å². The van der Waals surface area contributed by atoms with Crippen LogP contribution in [0.2, 0.25) is 0 Å². The molecule has 9 heteroatoms. The molecular formula is C26H27N3O6. The molecule has 0 spiro atoms. The molecule has 1 aliphatic carbocycles. The third-order valence-electron chi connectivity index (χ3n) is 6.44. The van der Waals surface area contributed by atoms with Gasteiger partial charge in [-0.2, -0.15) is 0 Å². The first-order valence-electron chi connectivity index (χ1n) is 11.3. The molecule has 1 aliphatic heterocycles. The third-order valence-corrected chi connectivity index (χ3v) is 6.44. The summed E-state index contributed by atoms with van der Waals surface area (Å²) in [5.41, 5.74) is 4.72. The Kier molecular flexibility index (Phi) is 6.86. The Labute approximate surface area is 203 Å². The normalized spacial score (nSPS) is 17.6. The Balaban J connectivity index is 1.33. The second-order valence-corrected chi connectivity index (χ2v) is 8.65. The average molecular weight is 478 g/mol. The van der Waals surface area contributed by atoms with Crippen molar-refractivity contribution in [3.05, 3.63) is 71.3 Å². The molecule has 0 aromatic heterocycles. The van der Waals surface area contributed by atoms with Gasteiger partial charge >= 0.3 is 12.1 Å². The fraction of sp³-hybridized carbons (Fsp3) is 0.308. The van der Waals surface area contributed by atoms with Gasteiger partial charge in [0.1, 0.15) is 19.2 Å². The van der Waals surface area contributed by atoms with Gasteiger partial charge in [0.05, 0.1) is 6.54 Å². The number of carboxylic acids is 1. The zero-order chi connectivity index (χ0) is 25.1. The van der Waals surface area contributed by atoms with Crippen LogP contribution < -0.4 is 5.32 Å². The zero-order valence-corrected chi connectivity index (χ0v) is 19.6. The van der Waals surface area contributed by atoms with Gasteiger partial charge in [-0.05, 0) is 29.2 Å². The van der Waals surface area contributed by atoms with Gasteiger partial charge in [0, 0.05) is 25.1 Å². The van der Waals surface area contributed by atoms with Crippen LogP contribution in [0.15, 0.2) is 60.2 Å². The van der Waals surface area contributed by atoms with Crippen molar-refractivity contribution in [3.63, 3.8) is 0 Å². The Hall–Kier alpha value is -4.14. The van der Waals surface area contributed by atoms with E-state index in [0.29, 0.717) is 0 Å². The SMILES string of the molecule is C/C(=C\CNC(=O)OCC1c2ccccc2-c2ccccc21)C(=O)N1CC(=O)N(C)CC1C(=O)O. The maximum absolute atomic E-state index is 12.8. The van der Waals surface area contributed by atoms with Crippen LogP contribution in [0.5, 0.6) is 0 Å². The van der Waals surface area contributed by atoms with E-state index in [1.807, 2.05) is 36.4 Å². The molecule has 0 saturated carbocycles. The van der Waals surface area contributed by atoms with Crippen molar-refractivity contribution in [2.24, 2.45) is 0 Å². The molecule has 1 saturated heterocycles. The summed E-state index contributed by atoms with van der Waals surface area (Å²) in [6.07, 6.45) is 0.854. The van der Waals surface area contributed by atoms with Crippen molar-refractivity contribution in [3.8, 4) is 11.1 Å². The minimum Gasteiger partial charge on any atom is -0.480 e. The van der Waals surface area contributed by atoms with E-state index in [1.54, 1.807) is 0 Å². The Morgan fingerprint density at radius 3 is 2.29 bits per heavy atom. The van der Waals surface area contributed by atoms with Gasteiger partial charge < -0.3 is 25.0 Å². The van der Waals surface area contributed by atoms with Crippen LogP contribution in [-0.4, -0.2) is 78.1 Å². The van der Waals surface area contributed by atoms with Gasteiger partial charge in [-0.25, -0.2) is 9.59 Å². The van der Waals surface area contributed by atoms with Gasteiger partial charge in [0.2, 0.25) is 5.91 Å². The van der Waals surface area contributed by atoms with Crippen molar-refractivity contribution in [2.75, 3.05) is 33.3 Å². The summed E-state index contributed by atoms with van der Waals surface area (Å²) in [4.78, 5) is 50.9. The summed E-state index contributed by atoms with van der Waals surface area (Å²) in [7, 11) is 1.50. The maximum atomic E-state index is 12.8. The summed E-state index contributed by atoms with van der Waals surface area (Å²) >= 11 is 0. The molecule has 182 valence electrons. The molecule has 4 rings (SSSR count). The number of piperazine rings is 1. The molecule has 2 N–H and O–H groups in total. The molecule has 2 aromatic carbocycles. The number of alkyl carbamates (subject to hydrolysis) is 1. The number of amides is 3. The highest BCUT2D eigenvalue weighted by atomic mass is 16.5. The average Bonchev–Trinajstić information content (AvgIpc) is 3.17.